The molecular formula is C17H12ClNO2. The van der Waals surface area contributed by atoms with Crippen LogP contribution in [-0.2, 0) is 16.1 Å². The third kappa shape index (κ3) is 4.48. The summed E-state index contributed by atoms with van der Waals surface area (Å²) in [4.78, 5) is 11.6. The van der Waals surface area contributed by atoms with Crippen LogP contribution >= 0.6 is 11.6 Å². The number of nitrogens with zero attached hydrogens (tertiary/aromatic N) is 1. The van der Waals surface area contributed by atoms with Gasteiger partial charge < -0.3 is 4.74 Å². The highest BCUT2D eigenvalue weighted by atomic mass is 35.5. The monoisotopic (exact) mass is 297 g/mol. The van der Waals surface area contributed by atoms with Gasteiger partial charge in [-0.15, -0.1) is 0 Å². The molecule has 0 unspecified atom stereocenters. The van der Waals surface area contributed by atoms with Crippen molar-refractivity contribution >= 4 is 23.6 Å². The van der Waals surface area contributed by atoms with E-state index in [1.54, 1.807) is 36.4 Å². The fourth-order valence-electron chi connectivity index (χ4n) is 1.70. The lowest BCUT2D eigenvalue weighted by molar-refractivity contribution is -0.138. The largest absolute Gasteiger partial charge is 0.458 e. The van der Waals surface area contributed by atoms with E-state index in [9.17, 15) is 4.79 Å². The molecule has 0 heterocycles. The number of carbonyl (C=O) groups excluding carboxylic acids is 1. The molecule has 4 heteroatoms. The highest BCUT2D eigenvalue weighted by Crippen LogP contribution is 2.16. The number of benzene rings is 2. The molecule has 0 aliphatic carbocycles. The van der Waals surface area contributed by atoms with Crippen LogP contribution in [0, 0.1) is 11.3 Å². The average molecular weight is 298 g/mol. The maximum atomic E-state index is 11.6. The third-order valence-electron chi connectivity index (χ3n) is 2.74. The Morgan fingerprint density at radius 3 is 2.81 bits per heavy atom. The molecule has 0 atom stereocenters. The first-order valence-corrected chi connectivity index (χ1v) is 6.65. The van der Waals surface area contributed by atoms with E-state index in [1.165, 1.54) is 6.08 Å². The van der Waals surface area contributed by atoms with Gasteiger partial charge in [0.2, 0.25) is 0 Å². The zero-order chi connectivity index (χ0) is 15.1. The maximum absolute atomic E-state index is 11.6. The van der Waals surface area contributed by atoms with Gasteiger partial charge in [0, 0.05) is 11.1 Å². The van der Waals surface area contributed by atoms with E-state index in [0.717, 1.165) is 11.1 Å². The van der Waals surface area contributed by atoms with Gasteiger partial charge in [-0.25, -0.2) is 4.79 Å². The number of halogens is 1. The van der Waals surface area contributed by atoms with Crippen molar-refractivity contribution in [2.24, 2.45) is 0 Å². The Morgan fingerprint density at radius 2 is 2.05 bits per heavy atom. The first-order chi connectivity index (χ1) is 10.2. The summed E-state index contributed by atoms with van der Waals surface area (Å²) in [6.45, 7) is 0.126. The second kappa shape index (κ2) is 7.28. The van der Waals surface area contributed by atoms with Crippen LogP contribution in [0.3, 0.4) is 0 Å². The molecular weight excluding hydrogens is 286 g/mol. The van der Waals surface area contributed by atoms with Crippen LogP contribution in [0.5, 0.6) is 0 Å². The fourth-order valence-corrected chi connectivity index (χ4v) is 1.90. The van der Waals surface area contributed by atoms with Gasteiger partial charge in [-0.3, -0.25) is 0 Å². The summed E-state index contributed by atoms with van der Waals surface area (Å²) >= 11 is 5.98. The SMILES string of the molecule is N#Cc1cccc(COC(=O)/C=C/c2ccccc2Cl)c1. The van der Waals surface area contributed by atoms with E-state index in [0.29, 0.717) is 10.6 Å². The summed E-state index contributed by atoms with van der Waals surface area (Å²) in [5.41, 5.74) is 2.06. The highest BCUT2D eigenvalue weighted by Gasteiger charge is 2.01. The fraction of sp³-hybridized carbons (Fsp3) is 0.0588. The van der Waals surface area contributed by atoms with Crippen LogP contribution < -0.4 is 0 Å². The van der Waals surface area contributed by atoms with Gasteiger partial charge in [0.15, 0.2) is 0 Å². The van der Waals surface area contributed by atoms with Gasteiger partial charge in [0.05, 0.1) is 11.6 Å². The molecule has 2 aromatic carbocycles. The van der Waals surface area contributed by atoms with Gasteiger partial charge in [0.1, 0.15) is 6.61 Å². The molecule has 0 aliphatic rings. The minimum absolute atomic E-state index is 0.126. The lowest BCUT2D eigenvalue weighted by Crippen LogP contribution is -2.00. The minimum Gasteiger partial charge on any atom is -0.458 e. The lowest BCUT2D eigenvalue weighted by atomic mass is 10.1. The number of carbonyl (C=O) groups is 1. The Hall–Kier alpha value is -2.57. The first-order valence-electron chi connectivity index (χ1n) is 6.27. The molecule has 0 radical (unpaired) electrons. The molecule has 0 amide bonds. The maximum Gasteiger partial charge on any atom is 0.331 e. The summed E-state index contributed by atoms with van der Waals surface area (Å²) < 4.78 is 5.11. The Bertz CT molecular complexity index is 717. The predicted molar refractivity (Wildman–Crippen MR) is 81.4 cm³/mol. The van der Waals surface area contributed by atoms with Gasteiger partial charge >= 0.3 is 5.97 Å². The van der Waals surface area contributed by atoms with Crippen LogP contribution in [0.15, 0.2) is 54.6 Å². The topological polar surface area (TPSA) is 50.1 Å². The minimum atomic E-state index is -0.461. The molecule has 0 bridgehead atoms. The quantitative estimate of drug-likeness (QED) is 0.634. The third-order valence-corrected chi connectivity index (χ3v) is 3.09. The molecule has 3 nitrogen and oxygen atoms in total. The van der Waals surface area contributed by atoms with Crippen molar-refractivity contribution in [3.05, 3.63) is 76.3 Å². The highest BCUT2D eigenvalue weighted by molar-refractivity contribution is 6.32. The Balaban J connectivity index is 1.93. The van der Waals surface area contributed by atoms with Crippen molar-refractivity contribution in [3.8, 4) is 6.07 Å². The van der Waals surface area contributed by atoms with Crippen molar-refractivity contribution in [2.45, 2.75) is 6.61 Å². The Morgan fingerprint density at radius 1 is 1.24 bits per heavy atom. The van der Waals surface area contributed by atoms with E-state index in [1.807, 2.05) is 24.3 Å². The van der Waals surface area contributed by atoms with Gasteiger partial charge in [-0.05, 0) is 35.4 Å². The zero-order valence-corrected chi connectivity index (χ0v) is 11.9. The van der Waals surface area contributed by atoms with Crippen LogP contribution in [0.2, 0.25) is 5.02 Å². The summed E-state index contributed by atoms with van der Waals surface area (Å²) in [6.07, 6.45) is 2.94. The van der Waals surface area contributed by atoms with E-state index >= 15 is 0 Å². The summed E-state index contributed by atoms with van der Waals surface area (Å²) in [6, 6.07) is 16.2. The van der Waals surface area contributed by atoms with Crippen LogP contribution in [0.25, 0.3) is 6.08 Å². The number of ether oxygens (including phenoxy) is 1. The predicted octanol–water partition coefficient (Wildman–Crippen LogP) is 3.97. The molecule has 104 valence electrons. The van der Waals surface area contributed by atoms with Crippen LogP contribution in [-0.4, -0.2) is 5.97 Å². The number of hydrogen-bond donors (Lipinski definition) is 0. The Kier molecular flexibility index (Phi) is 5.14. The van der Waals surface area contributed by atoms with Crippen LogP contribution in [0.4, 0.5) is 0 Å². The molecule has 21 heavy (non-hydrogen) atoms. The van der Waals surface area contributed by atoms with E-state index < -0.39 is 5.97 Å². The molecule has 2 aromatic rings. The first kappa shape index (κ1) is 14.8. The normalized spacial score (nSPS) is 10.3. The summed E-state index contributed by atoms with van der Waals surface area (Å²) in [5.74, 6) is -0.461. The summed E-state index contributed by atoms with van der Waals surface area (Å²) in [5, 5.41) is 9.37. The second-order valence-corrected chi connectivity index (χ2v) is 4.68. The van der Waals surface area contributed by atoms with Gasteiger partial charge in [0.25, 0.3) is 0 Å². The molecule has 0 saturated carbocycles. The van der Waals surface area contributed by atoms with E-state index in [2.05, 4.69) is 0 Å². The van der Waals surface area contributed by atoms with Gasteiger partial charge in [-0.2, -0.15) is 5.26 Å². The number of hydrogen-bond acceptors (Lipinski definition) is 3. The van der Waals surface area contributed by atoms with E-state index in [-0.39, 0.29) is 6.61 Å². The molecule has 0 aromatic heterocycles. The molecule has 0 N–H and O–H groups in total. The van der Waals surface area contributed by atoms with Crippen molar-refractivity contribution in [1.29, 1.82) is 5.26 Å². The zero-order valence-electron chi connectivity index (χ0n) is 11.1. The van der Waals surface area contributed by atoms with Crippen molar-refractivity contribution in [1.82, 2.24) is 0 Å². The molecule has 0 spiro atoms. The Labute approximate surface area is 128 Å². The van der Waals surface area contributed by atoms with Crippen molar-refractivity contribution in [3.63, 3.8) is 0 Å². The second-order valence-electron chi connectivity index (χ2n) is 4.27. The standard InChI is InChI=1S/C17H12ClNO2/c18-16-7-2-1-6-15(16)8-9-17(20)21-12-14-5-3-4-13(10-14)11-19/h1-10H,12H2/b9-8+. The van der Waals surface area contributed by atoms with E-state index in [4.69, 9.17) is 21.6 Å². The van der Waals surface area contributed by atoms with Crippen LogP contribution in [0.1, 0.15) is 16.7 Å². The molecule has 0 saturated heterocycles. The molecule has 0 aliphatic heterocycles. The van der Waals surface area contributed by atoms with Crippen molar-refractivity contribution < 1.29 is 9.53 Å². The number of esters is 1. The summed E-state index contributed by atoms with van der Waals surface area (Å²) in [7, 11) is 0. The van der Waals surface area contributed by atoms with Gasteiger partial charge in [-0.1, -0.05) is 41.9 Å². The number of rotatable bonds is 4. The molecule has 2 rings (SSSR count). The lowest BCUT2D eigenvalue weighted by Gasteiger charge is -2.02. The van der Waals surface area contributed by atoms with Crippen molar-refractivity contribution in [2.75, 3.05) is 0 Å². The average Bonchev–Trinajstić information content (AvgIpc) is 2.52. The molecule has 0 fully saturated rings. The smallest absolute Gasteiger partial charge is 0.331 e. The number of nitriles is 1.